The maximum Gasteiger partial charge on any atom is 0.355 e. The summed E-state index contributed by atoms with van der Waals surface area (Å²) in [5.41, 5.74) is 1.76. The van der Waals surface area contributed by atoms with Gasteiger partial charge in [0.2, 0.25) is 0 Å². The fourth-order valence-corrected chi connectivity index (χ4v) is 2.79. The predicted octanol–water partition coefficient (Wildman–Crippen LogP) is 3.81. The second-order valence-electron chi connectivity index (χ2n) is 5.84. The fourth-order valence-electron chi connectivity index (χ4n) is 2.58. The molecule has 0 aliphatic carbocycles. The third-order valence-electron chi connectivity index (χ3n) is 3.84. The van der Waals surface area contributed by atoms with Gasteiger partial charge in [-0.05, 0) is 51.5 Å². The number of hydrogen-bond donors (Lipinski definition) is 2. The summed E-state index contributed by atoms with van der Waals surface area (Å²) in [6.07, 6.45) is -1.13. The van der Waals surface area contributed by atoms with E-state index in [0.29, 0.717) is 16.8 Å². The second kappa shape index (κ2) is 7.70. The molecule has 0 saturated carbocycles. The van der Waals surface area contributed by atoms with Crippen LogP contribution in [0.1, 0.15) is 46.0 Å². The molecule has 1 amide bonds. The Bertz CT molecular complexity index is 892. The first-order valence-electron chi connectivity index (χ1n) is 7.78. The van der Waals surface area contributed by atoms with E-state index in [-0.39, 0.29) is 22.2 Å². The van der Waals surface area contributed by atoms with Crippen LogP contribution in [0.2, 0.25) is 5.02 Å². The average Bonchev–Trinajstić information content (AvgIpc) is 2.84. The number of ketones is 1. The summed E-state index contributed by atoms with van der Waals surface area (Å²) in [6.45, 7) is 6.09. The van der Waals surface area contributed by atoms with Crippen LogP contribution in [0.3, 0.4) is 0 Å². The number of Topliss-reactive ketones (excluding diaryl/α,β-unsaturated/α-hetero) is 1. The summed E-state index contributed by atoms with van der Waals surface area (Å²) >= 11 is 5.85. The van der Waals surface area contributed by atoms with Gasteiger partial charge in [0.25, 0.3) is 5.91 Å². The number of rotatable bonds is 5. The highest BCUT2D eigenvalue weighted by molar-refractivity contribution is 6.33. The molecule has 0 spiro atoms. The lowest BCUT2D eigenvalue weighted by Gasteiger charge is -2.14. The van der Waals surface area contributed by atoms with Crippen LogP contribution in [0.4, 0.5) is 10.1 Å². The van der Waals surface area contributed by atoms with Gasteiger partial charge in [-0.2, -0.15) is 0 Å². The van der Waals surface area contributed by atoms with Gasteiger partial charge in [0, 0.05) is 11.3 Å². The number of ether oxygens (including phenoxy) is 1. The first-order valence-corrected chi connectivity index (χ1v) is 8.16. The van der Waals surface area contributed by atoms with Crippen molar-refractivity contribution in [2.45, 2.75) is 33.8 Å². The number of halogens is 2. The molecule has 6 nitrogen and oxygen atoms in total. The van der Waals surface area contributed by atoms with Crippen molar-refractivity contribution < 1.29 is 23.5 Å². The van der Waals surface area contributed by atoms with E-state index in [0.717, 1.165) is 12.1 Å². The lowest BCUT2D eigenvalue weighted by atomic mass is 10.1. The van der Waals surface area contributed by atoms with E-state index in [9.17, 15) is 18.8 Å². The van der Waals surface area contributed by atoms with Crippen molar-refractivity contribution >= 4 is 34.9 Å². The van der Waals surface area contributed by atoms with Crippen LogP contribution in [0.15, 0.2) is 18.2 Å². The standard InChI is InChI=1S/C18H18ClFN2O4/c1-8-15(10(3)23)9(2)21-16(8)18(25)26-11(4)17(24)22-14-6-5-12(20)7-13(14)19/h5-7,11,21H,1-4H3,(H,22,24). The van der Waals surface area contributed by atoms with Crippen molar-refractivity contribution in [3.63, 3.8) is 0 Å². The zero-order chi connectivity index (χ0) is 19.6. The Labute approximate surface area is 154 Å². The number of aryl methyl sites for hydroxylation is 1. The Hall–Kier alpha value is -2.67. The molecule has 138 valence electrons. The number of carbonyl (C=O) groups is 3. The molecule has 0 saturated heterocycles. The third kappa shape index (κ3) is 4.11. The zero-order valence-electron chi connectivity index (χ0n) is 14.7. The van der Waals surface area contributed by atoms with Crippen LogP contribution < -0.4 is 5.32 Å². The van der Waals surface area contributed by atoms with E-state index < -0.39 is 23.8 Å². The summed E-state index contributed by atoms with van der Waals surface area (Å²) in [4.78, 5) is 38.9. The van der Waals surface area contributed by atoms with Crippen molar-refractivity contribution in [3.05, 3.63) is 51.6 Å². The van der Waals surface area contributed by atoms with Crippen molar-refractivity contribution in [1.82, 2.24) is 4.98 Å². The molecule has 2 rings (SSSR count). The topological polar surface area (TPSA) is 88.3 Å². The van der Waals surface area contributed by atoms with Gasteiger partial charge in [0.05, 0.1) is 10.7 Å². The van der Waals surface area contributed by atoms with Crippen molar-refractivity contribution in [2.75, 3.05) is 5.32 Å². The van der Waals surface area contributed by atoms with Crippen LogP contribution >= 0.6 is 11.6 Å². The van der Waals surface area contributed by atoms with E-state index in [2.05, 4.69) is 10.3 Å². The van der Waals surface area contributed by atoms with Gasteiger partial charge in [0.15, 0.2) is 11.9 Å². The maximum absolute atomic E-state index is 13.0. The van der Waals surface area contributed by atoms with E-state index in [1.165, 1.54) is 19.9 Å². The normalized spacial score (nSPS) is 11.8. The van der Waals surface area contributed by atoms with Crippen LogP contribution in [0.5, 0.6) is 0 Å². The third-order valence-corrected chi connectivity index (χ3v) is 4.15. The smallest absolute Gasteiger partial charge is 0.355 e. The van der Waals surface area contributed by atoms with Crippen LogP contribution in [0.25, 0.3) is 0 Å². The minimum Gasteiger partial charge on any atom is -0.448 e. The van der Waals surface area contributed by atoms with Gasteiger partial charge in [0.1, 0.15) is 11.5 Å². The molecule has 0 bridgehead atoms. The van der Waals surface area contributed by atoms with Crippen molar-refractivity contribution in [2.24, 2.45) is 0 Å². The lowest BCUT2D eigenvalue weighted by Crippen LogP contribution is -2.30. The molecular weight excluding hydrogens is 363 g/mol. The molecular formula is C18H18ClFN2O4. The molecule has 0 aliphatic rings. The number of hydrogen-bond acceptors (Lipinski definition) is 4. The highest BCUT2D eigenvalue weighted by atomic mass is 35.5. The second-order valence-corrected chi connectivity index (χ2v) is 6.25. The number of carbonyl (C=O) groups excluding carboxylic acids is 3. The van der Waals surface area contributed by atoms with E-state index in [1.54, 1.807) is 13.8 Å². The molecule has 8 heteroatoms. The van der Waals surface area contributed by atoms with Crippen molar-refractivity contribution in [3.8, 4) is 0 Å². The van der Waals surface area contributed by atoms with Gasteiger partial charge >= 0.3 is 5.97 Å². The number of nitrogens with one attached hydrogen (secondary N) is 2. The number of aromatic nitrogens is 1. The first kappa shape index (κ1) is 19.7. The maximum atomic E-state index is 13.0. The molecule has 1 unspecified atom stereocenters. The molecule has 1 aromatic heterocycles. The number of H-pyrrole nitrogens is 1. The van der Waals surface area contributed by atoms with Crippen molar-refractivity contribution in [1.29, 1.82) is 0 Å². The first-order chi connectivity index (χ1) is 12.1. The van der Waals surface area contributed by atoms with Crippen LogP contribution in [-0.2, 0) is 9.53 Å². The SMILES string of the molecule is CC(=O)c1c(C)[nH]c(C(=O)OC(C)C(=O)Nc2ccc(F)cc2Cl)c1C. The minimum atomic E-state index is -1.13. The lowest BCUT2D eigenvalue weighted by molar-refractivity contribution is -0.123. The molecule has 1 aromatic carbocycles. The van der Waals surface area contributed by atoms with Crippen LogP contribution in [0, 0.1) is 19.7 Å². The zero-order valence-corrected chi connectivity index (χ0v) is 15.5. The minimum absolute atomic E-state index is 0.0267. The Kier molecular flexibility index (Phi) is 5.82. The van der Waals surface area contributed by atoms with Gasteiger partial charge in [-0.3, -0.25) is 9.59 Å². The number of amides is 1. The van der Waals surface area contributed by atoms with E-state index in [4.69, 9.17) is 16.3 Å². The predicted molar refractivity (Wildman–Crippen MR) is 95.2 cm³/mol. The number of aromatic amines is 1. The van der Waals surface area contributed by atoms with Gasteiger partial charge < -0.3 is 15.0 Å². The Morgan fingerprint density at radius 3 is 2.46 bits per heavy atom. The molecule has 2 N–H and O–H groups in total. The molecule has 0 radical (unpaired) electrons. The van der Waals surface area contributed by atoms with Gasteiger partial charge in [-0.15, -0.1) is 0 Å². The van der Waals surface area contributed by atoms with Gasteiger partial charge in [-0.25, -0.2) is 9.18 Å². The average molecular weight is 381 g/mol. The molecule has 2 aromatic rings. The van der Waals surface area contributed by atoms with E-state index in [1.807, 2.05) is 0 Å². The number of esters is 1. The Balaban J connectivity index is 2.10. The number of anilines is 1. The molecule has 0 fully saturated rings. The summed E-state index contributed by atoms with van der Waals surface area (Å²) in [5, 5.41) is 2.49. The monoisotopic (exact) mass is 380 g/mol. The Morgan fingerprint density at radius 2 is 1.92 bits per heavy atom. The Morgan fingerprint density at radius 1 is 1.27 bits per heavy atom. The van der Waals surface area contributed by atoms with E-state index >= 15 is 0 Å². The number of benzene rings is 1. The summed E-state index contributed by atoms with van der Waals surface area (Å²) in [5.74, 6) is -2.09. The molecule has 0 aliphatic heterocycles. The summed E-state index contributed by atoms with van der Waals surface area (Å²) in [7, 11) is 0. The molecule has 1 atom stereocenters. The highest BCUT2D eigenvalue weighted by Gasteiger charge is 2.25. The van der Waals surface area contributed by atoms with Crippen LogP contribution in [-0.4, -0.2) is 28.7 Å². The quantitative estimate of drug-likeness (QED) is 0.609. The molecule has 1 heterocycles. The van der Waals surface area contributed by atoms with Gasteiger partial charge in [-0.1, -0.05) is 11.6 Å². The largest absolute Gasteiger partial charge is 0.448 e. The fraction of sp³-hybridized carbons (Fsp3) is 0.278. The highest BCUT2D eigenvalue weighted by Crippen LogP contribution is 2.23. The summed E-state index contributed by atoms with van der Waals surface area (Å²) < 4.78 is 18.2. The molecule has 26 heavy (non-hydrogen) atoms. The summed E-state index contributed by atoms with van der Waals surface area (Å²) in [6, 6.07) is 3.51.